The van der Waals surface area contributed by atoms with Gasteiger partial charge in [-0.1, -0.05) is 13.0 Å². The molecule has 0 saturated carbocycles. The summed E-state index contributed by atoms with van der Waals surface area (Å²) in [6.07, 6.45) is -0.313. The van der Waals surface area contributed by atoms with Gasteiger partial charge in [-0.3, -0.25) is 4.79 Å². The van der Waals surface area contributed by atoms with Crippen molar-refractivity contribution in [1.82, 2.24) is 0 Å². The van der Waals surface area contributed by atoms with Crippen molar-refractivity contribution in [3.8, 4) is 0 Å². The molecule has 0 fully saturated rings. The monoisotopic (exact) mass is 378 g/mol. The summed E-state index contributed by atoms with van der Waals surface area (Å²) in [6, 6.07) is 5.43. The highest BCUT2D eigenvalue weighted by Crippen LogP contribution is 2.31. The Labute approximate surface area is 124 Å². The summed E-state index contributed by atoms with van der Waals surface area (Å²) < 4.78 is 6.72. The van der Waals surface area contributed by atoms with Crippen LogP contribution in [-0.4, -0.2) is 17.7 Å². The third-order valence-corrected chi connectivity index (χ3v) is 4.58. The van der Waals surface area contributed by atoms with Crippen LogP contribution < -0.4 is 0 Å². The van der Waals surface area contributed by atoms with Crippen LogP contribution in [0.2, 0.25) is 0 Å². The van der Waals surface area contributed by atoms with Gasteiger partial charge in [0.1, 0.15) is 0 Å². The second-order valence-electron chi connectivity index (χ2n) is 3.89. The smallest absolute Gasteiger partial charge is 0.311 e. The molecule has 0 amide bonds. The minimum atomic E-state index is -0.849. The number of rotatable bonds is 5. The molecule has 1 N–H and O–H groups in total. The number of carbonyl (C=O) groups excluding carboxylic acids is 1. The molecule has 2 atom stereocenters. The maximum absolute atomic E-state index is 11.7. The van der Waals surface area contributed by atoms with E-state index < -0.39 is 12.0 Å². The fourth-order valence-corrected chi connectivity index (χ4v) is 2.34. The molecule has 5 heteroatoms. The first-order chi connectivity index (χ1) is 8.51. The van der Waals surface area contributed by atoms with Gasteiger partial charge in [-0.15, -0.1) is 0 Å². The number of ether oxygens (including phenoxy) is 1. The Bertz CT molecular complexity index is 421. The van der Waals surface area contributed by atoms with Crippen molar-refractivity contribution in [3.05, 3.63) is 32.7 Å². The van der Waals surface area contributed by atoms with Gasteiger partial charge in [-0.2, -0.15) is 0 Å². The number of benzene rings is 1. The summed E-state index contributed by atoms with van der Waals surface area (Å²) >= 11 is 6.75. The summed E-state index contributed by atoms with van der Waals surface area (Å²) in [7, 11) is 0. The number of hydrogen-bond donors (Lipinski definition) is 1. The number of hydrogen-bond acceptors (Lipinski definition) is 3. The number of halogens is 2. The molecule has 0 aliphatic carbocycles. The molecular weight excluding hydrogens is 364 g/mol. The van der Waals surface area contributed by atoms with E-state index in [1.54, 1.807) is 19.1 Å². The van der Waals surface area contributed by atoms with Gasteiger partial charge in [-0.05, 0) is 62.9 Å². The van der Waals surface area contributed by atoms with Crippen LogP contribution in [-0.2, 0) is 9.53 Å². The van der Waals surface area contributed by atoms with Gasteiger partial charge in [-0.25, -0.2) is 0 Å². The Kier molecular flexibility index (Phi) is 6.32. The van der Waals surface area contributed by atoms with Gasteiger partial charge >= 0.3 is 5.97 Å². The average Bonchev–Trinajstić information content (AvgIpc) is 2.33. The van der Waals surface area contributed by atoms with E-state index in [0.717, 1.165) is 8.95 Å². The highest BCUT2D eigenvalue weighted by Gasteiger charge is 2.27. The van der Waals surface area contributed by atoms with Crippen LogP contribution in [0.1, 0.15) is 31.9 Å². The summed E-state index contributed by atoms with van der Waals surface area (Å²) in [6.45, 7) is 3.94. The SMILES string of the molecule is CCOC(=O)C(CC)C(O)c1ccc(Br)c(Br)c1. The number of carbonyl (C=O) groups is 1. The van der Waals surface area contributed by atoms with E-state index in [1.165, 1.54) is 0 Å². The van der Waals surface area contributed by atoms with Crippen LogP contribution in [0.15, 0.2) is 27.1 Å². The van der Waals surface area contributed by atoms with Gasteiger partial charge in [0.2, 0.25) is 0 Å². The van der Waals surface area contributed by atoms with Crippen LogP contribution in [0.4, 0.5) is 0 Å². The summed E-state index contributed by atoms with van der Waals surface area (Å²) in [4.78, 5) is 11.7. The maximum atomic E-state index is 11.7. The first kappa shape index (κ1) is 15.7. The van der Waals surface area contributed by atoms with E-state index in [2.05, 4.69) is 31.9 Å². The molecule has 1 aromatic rings. The predicted molar refractivity (Wildman–Crippen MR) is 77.2 cm³/mol. The van der Waals surface area contributed by atoms with Crippen molar-refractivity contribution < 1.29 is 14.6 Å². The molecule has 0 heterocycles. The van der Waals surface area contributed by atoms with Crippen molar-refractivity contribution in [2.45, 2.75) is 26.4 Å². The Morgan fingerprint density at radius 2 is 2.00 bits per heavy atom. The Morgan fingerprint density at radius 1 is 1.33 bits per heavy atom. The fraction of sp³-hybridized carbons (Fsp3) is 0.462. The van der Waals surface area contributed by atoms with Crippen molar-refractivity contribution in [1.29, 1.82) is 0 Å². The molecule has 18 heavy (non-hydrogen) atoms. The molecule has 0 saturated heterocycles. The standard InChI is InChI=1S/C13H16Br2O3/c1-3-9(13(17)18-4-2)12(16)8-5-6-10(14)11(15)7-8/h5-7,9,12,16H,3-4H2,1-2H3. The topological polar surface area (TPSA) is 46.5 Å². The molecule has 0 aliphatic rings. The van der Waals surface area contributed by atoms with Crippen LogP contribution in [0.5, 0.6) is 0 Å². The number of aliphatic hydroxyl groups is 1. The molecule has 1 rings (SSSR count). The van der Waals surface area contributed by atoms with Crippen molar-refractivity contribution in [2.75, 3.05) is 6.61 Å². The van der Waals surface area contributed by atoms with Crippen LogP contribution >= 0.6 is 31.9 Å². The largest absolute Gasteiger partial charge is 0.466 e. The first-order valence-electron chi connectivity index (χ1n) is 5.80. The third-order valence-electron chi connectivity index (χ3n) is 2.70. The molecule has 1 aromatic carbocycles. The van der Waals surface area contributed by atoms with E-state index in [9.17, 15) is 9.90 Å². The minimum Gasteiger partial charge on any atom is -0.466 e. The predicted octanol–water partition coefficient (Wildman–Crippen LogP) is 3.83. The molecule has 100 valence electrons. The lowest BCUT2D eigenvalue weighted by molar-refractivity contribution is -0.152. The fourth-order valence-electron chi connectivity index (χ4n) is 1.70. The highest BCUT2D eigenvalue weighted by atomic mass is 79.9. The molecule has 0 bridgehead atoms. The van der Waals surface area contributed by atoms with E-state index in [1.807, 2.05) is 13.0 Å². The Hall–Kier alpha value is -0.390. The lowest BCUT2D eigenvalue weighted by Crippen LogP contribution is -2.24. The van der Waals surface area contributed by atoms with Crippen molar-refractivity contribution >= 4 is 37.8 Å². The Balaban J connectivity index is 2.92. The van der Waals surface area contributed by atoms with E-state index in [0.29, 0.717) is 18.6 Å². The van der Waals surface area contributed by atoms with Gasteiger partial charge in [0.15, 0.2) is 0 Å². The van der Waals surface area contributed by atoms with Gasteiger partial charge in [0.05, 0.1) is 18.6 Å². The summed E-state index contributed by atoms with van der Waals surface area (Å²) in [5.74, 6) is -0.885. The molecule has 2 unspecified atom stereocenters. The van der Waals surface area contributed by atoms with Crippen LogP contribution in [0.25, 0.3) is 0 Å². The zero-order valence-electron chi connectivity index (χ0n) is 10.3. The van der Waals surface area contributed by atoms with Gasteiger partial charge in [0, 0.05) is 8.95 Å². The lowest BCUT2D eigenvalue weighted by atomic mass is 9.93. The average molecular weight is 380 g/mol. The summed E-state index contributed by atoms with van der Waals surface area (Å²) in [5, 5.41) is 10.3. The van der Waals surface area contributed by atoms with Gasteiger partial charge in [0.25, 0.3) is 0 Å². The first-order valence-corrected chi connectivity index (χ1v) is 7.39. The molecular formula is C13H16Br2O3. The maximum Gasteiger partial charge on any atom is 0.311 e. The second kappa shape index (κ2) is 7.26. The van der Waals surface area contributed by atoms with Crippen LogP contribution in [0.3, 0.4) is 0 Å². The van der Waals surface area contributed by atoms with Crippen molar-refractivity contribution in [2.24, 2.45) is 5.92 Å². The van der Waals surface area contributed by atoms with E-state index in [4.69, 9.17) is 4.74 Å². The second-order valence-corrected chi connectivity index (χ2v) is 5.59. The lowest BCUT2D eigenvalue weighted by Gasteiger charge is -2.20. The van der Waals surface area contributed by atoms with E-state index >= 15 is 0 Å². The Morgan fingerprint density at radius 3 is 2.50 bits per heavy atom. The van der Waals surface area contributed by atoms with Gasteiger partial charge < -0.3 is 9.84 Å². The quantitative estimate of drug-likeness (QED) is 0.790. The minimum absolute atomic E-state index is 0.325. The molecule has 0 spiro atoms. The van der Waals surface area contributed by atoms with Crippen LogP contribution in [0, 0.1) is 5.92 Å². The number of esters is 1. The van der Waals surface area contributed by atoms with E-state index in [-0.39, 0.29) is 5.97 Å². The number of aliphatic hydroxyl groups excluding tert-OH is 1. The third kappa shape index (κ3) is 3.80. The normalized spacial score (nSPS) is 14.1. The zero-order chi connectivity index (χ0) is 13.7. The summed E-state index contributed by atoms with van der Waals surface area (Å²) in [5.41, 5.74) is 0.699. The zero-order valence-corrected chi connectivity index (χ0v) is 13.5. The molecule has 3 nitrogen and oxygen atoms in total. The molecule has 0 aliphatic heterocycles. The molecule has 0 radical (unpaired) electrons. The van der Waals surface area contributed by atoms with Crippen molar-refractivity contribution in [3.63, 3.8) is 0 Å². The molecule has 0 aromatic heterocycles. The highest BCUT2D eigenvalue weighted by molar-refractivity contribution is 9.13.